The molecule has 2 aromatic heterocycles. The highest BCUT2D eigenvalue weighted by molar-refractivity contribution is 7.92. The van der Waals surface area contributed by atoms with Crippen LogP contribution in [0.3, 0.4) is 0 Å². The fourth-order valence-electron chi connectivity index (χ4n) is 2.84. The summed E-state index contributed by atoms with van der Waals surface area (Å²) in [7, 11) is -2.15. The summed E-state index contributed by atoms with van der Waals surface area (Å²) in [5.41, 5.74) is 2.24. The molecule has 0 unspecified atom stereocenters. The molecule has 1 aliphatic carbocycles. The van der Waals surface area contributed by atoms with Gasteiger partial charge in [0.25, 0.3) is 10.0 Å². The molecule has 0 radical (unpaired) electrons. The zero-order chi connectivity index (χ0) is 18.5. The highest BCUT2D eigenvalue weighted by atomic mass is 35.5. The van der Waals surface area contributed by atoms with Crippen LogP contribution in [0, 0.1) is 6.92 Å². The Morgan fingerprint density at radius 1 is 1.15 bits per heavy atom. The number of hydrogen-bond acceptors (Lipinski definition) is 4. The van der Waals surface area contributed by atoms with Gasteiger partial charge in [0.05, 0.1) is 17.1 Å². The Morgan fingerprint density at radius 3 is 2.50 bits per heavy atom. The first-order valence-electron chi connectivity index (χ1n) is 8.23. The van der Waals surface area contributed by atoms with Gasteiger partial charge in [-0.05, 0) is 44.0 Å². The van der Waals surface area contributed by atoms with Crippen LogP contribution in [0.5, 0.6) is 0 Å². The quantitative estimate of drug-likeness (QED) is 0.723. The largest absolute Gasteiger partial charge is 0.280 e. The Hall–Kier alpha value is -2.32. The van der Waals surface area contributed by atoms with Crippen molar-refractivity contribution in [3.05, 3.63) is 52.8 Å². The Bertz CT molecular complexity index is 1070. The Kier molecular flexibility index (Phi) is 4.04. The molecule has 1 fully saturated rings. The number of nitrogens with zero attached hydrogens (tertiary/aromatic N) is 4. The molecular weight excluding hydrogens is 374 g/mol. The summed E-state index contributed by atoms with van der Waals surface area (Å²) >= 11 is 5.93. The van der Waals surface area contributed by atoms with Crippen LogP contribution in [0.1, 0.15) is 30.1 Å². The minimum absolute atomic E-state index is 0.140. The molecule has 2 heterocycles. The maximum absolute atomic E-state index is 12.9. The van der Waals surface area contributed by atoms with Crippen molar-refractivity contribution in [2.24, 2.45) is 7.05 Å². The van der Waals surface area contributed by atoms with E-state index in [9.17, 15) is 8.42 Å². The molecule has 7 nitrogen and oxygen atoms in total. The van der Waals surface area contributed by atoms with E-state index in [1.54, 1.807) is 55.1 Å². The van der Waals surface area contributed by atoms with E-state index in [-0.39, 0.29) is 5.03 Å². The third kappa shape index (κ3) is 3.22. The lowest BCUT2D eigenvalue weighted by atomic mass is 10.3. The molecule has 26 heavy (non-hydrogen) atoms. The van der Waals surface area contributed by atoms with Crippen molar-refractivity contribution in [2.75, 3.05) is 4.72 Å². The van der Waals surface area contributed by atoms with Crippen molar-refractivity contribution in [1.29, 1.82) is 0 Å². The summed E-state index contributed by atoms with van der Waals surface area (Å²) in [4.78, 5) is 0. The highest BCUT2D eigenvalue weighted by Gasteiger charge is 2.30. The minimum Gasteiger partial charge on any atom is -0.262 e. The second-order valence-electron chi connectivity index (χ2n) is 6.47. The number of anilines is 1. The van der Waals surface area contributed by atoms with Gasteiger partial charge in [-0.15, -0.1) is 0 Å². The molecule has 1 aromatic carbocycles. The molecule has 0 aliphatic heterocycles. The number of halogens is 1. The van der Waals surface area contributed by atoms with Gasteiger partial charge in [0, 0.05) is 30.1 Å². The molecule has 9 heteroatoms. The van der Waals surface area contributed by atoms with Gasteiger partial charge in [-0.25, -0.2) is 4.68 Å². The van der Waals surface area contributed by atoms with Crippen molar-refractivity contribution in [1.82, 2.24) is 19.6 Å². The molecule has 1 saturated carbocycles. The van der Waals surface area contributed by atoms with Gasteiger partial charge in [0.1, 0.15) is 5.82 Å². The highest BCUT2D eigenvalue weighted by Crippen LogP contribution is 2.39. The summed E-state index contributed by atoms with van der Waals surface area (Å²) in [5, 5.41) is 9.45. The zero-order valence-electron chi connectivity index (χ0n) is 14.3. The third-order valence-corrected chi connectivity index (χ3v) is 5.93. The first-order valence-corrected chi connectivity index (χ1v) is 10.1. The number of nitrogens with one attached hydrogen (secondary N) is 1. The molecule has 3 aromatic rings. The predicted octanol–water partition coefficient (Wildman–Crippen LogP) is 3.25. The van der Waals surface area contributed by atoms with Gasteiger partial charge in [-0.1, -0.05) is 11.6 Å². The second kappa shape index (κ2) is 6.14. The lowest BCUT2D eigenvalue weighted by molar-refractivity contribution is 0.581. The standard InChI is InChI=1S/C17H18ClN5O2S/c1-11-9-16(23(19-11)14-7-5-13(18)6-8-14)21-26(24,25)17-10-15(12-3-4-12)20-22(17)2/h5-10,12,21H,3-4H2,1-2H3. The summed E-state index contributed by atoms with van der Waals surface area (Å²) in [5.74, 6) is 0.742. The minimum atomic E-state index is -3.79. The van der Waals surface area contributed by atoms with Crippen LogP contribution in [-0.4, -0.2) is 28.0 Å². The lowest BCUT2D eigenvalue weighted by Gasteiger charge is -2.10. The van der Waals surface area contributed by atoms with E-state index in [1.807, 2.05) is 0 Å². The van der Waals surface area contributed by atoms with Crippen LogP contribution in [-0.2, 0) is 17.1 Å². The van der Waals surface area contributed by atoms with Gasteiger partial charge in [0.2, 0.25) is 0 Å². The summed E-state index contributed by atoms with van der Waals surface area (Å²) in [6.07, 6.45) is 2.12. The maximum Gasteiger partial charge on any atom is 0.280 e. The van der Waals surface area contributed by atoms with Gasteiger partial charge in [-0.2, -0.15) is 18.6 Å². The average Bonchev–Trinajstić information content (AvgIpc) is 3.26. The molecule has 0 saturated heterocycles. The SMILES string of the molecule is Cc1cc(NS(=O)(=O)c2cc(C3CC3)nn2C)n(-c2ccc(Cl)cc2)n1. The van der Waals surface area contributed by atoms with Crippen molar-refractivity contribution >= 4 is 27.4 Å². The van der Waals surface area contributed by atoms with Crippen molar-refractivity contribution in [3.63, 3.8) is 0 Å². The van der Waals surface area contributed by atoms with Crippen LogP contribution >= 0.6 is 11.6 Å². The first-order chi connectivity index (χ1) is 12.3. The van der Waals surface area contributed by atoms with Crippen LogP contribution in [0.4, 0.5) is 5.82 Å². The number of aryl methyl sites for hydroxylation is 2. The maximum atomic E-state index is 12.9. The van der Waals surface area contributed by atoms with Gasteiger partial charge in [0.15, 0.2) is 5.03 Å². The van der Waals surface area contributed by atoms with E-state index in [1.165, 1.54) is 4.68 Å². The summed E-state index contributed by atoms with van der Waals surface area (Å²) in [6.45, 7) is 1.81. The van der Waals surface area contributed by atoms with Crippen LogP contribution in [0.25, 0.3) is 5.69 Å². The van der Waals surface area contributed by atoms with Gasteiger partial charge < -0.3 is 0 Å². The molecule has 0 amide bonds. The molecule has 0 spiro atoms. The Morgan fingerprint density at radius 2 is 1.85 bits per heavy atom. The normalized spacial score (nSPS) is 14.6. The Labute approximate surface area is 156 Å². The number of rotatable bonds is 5. The fourth-order valence-corrected chi connectivity index (χ4v) is 4.16. The number of sulfonamides is 1. The second-order valence-corrected chi connectivity index (χ2v) is 8.54. The van der Waals surface area contributed by atoms with E-state index >= 15 is 0 Å². The van der Waals surface area contributed by atoms with Crippen LogP contribution < -0.4 is 4.72 Å². The fraction of sp³-hybridized carbons (Fsp3) is 0.294. The van der Waals surface area contributed by atoms with Crippen LogP contribution in [0.2, 0.25) is 5.02 Å². The number of hydrogen-bond donors (Lipinski definition) is 1. The third-order valence-electron chi connectivity index (χ3n) is 4.27. The van der Waals surface area contributed by atoms with E-state index < -0.39 is 10.0 Å². The van der Waals surface area contributed by atoms with Crippen LogP contribution in [0.15, 0.2) is 41.4 Å². The number of aromatic nitrogens is 4. The van der Waals surface area contributed by atoms with E-state index in [0.717, 1.165) is 18.5 Å². The molecule has 0 atom stereocenters. The smallest absolute Gasteiger partial charge is 0.262 e. The summed E-state index contributed by atoms with van der Waals surface area (Å²) in [6, 6.07) is 10.4. The van der Waals surface area contributed by atoms with E-state index in [4.69, 9.17) is 11.6 Å². The monoisotopic (exact) mass is 391 g/mol. The summed E-state index contributed by atoms with van der Waals surface area (Å²) < 4.78 is 31.4. The van der Waals surface area contributed by atoms with Gasteiger partial charge in [-0.3, -0.25) is 9.40 Å². The van der Waals surface area contributed by atoms with E-state index in [2.05, 4.69) is 14.9 Å². The average molecular weight is 392 g/mol. The predicted molar refractivity (Wildman–Crippen MR) is 99.3 cm³/mol. The van der Waals surface area contributed by atoms with Crippen molar-refractivity contribution in [2.45, 2.75) is 30.7 Å². The first kappa shape index (κ1) is 17.1. The molecule has 4 rings (SSSR count). The van der Waals surface area contributed by atoms with Gasteiger partial charge >= 0.3 is 0 Å². The molecule has 1 N–H and O–H groups in total. The Balaban J connectivity index is 1.69. The van der Waals surface area contributed by atoms with Crippen molar-refractivity contribution in [3.8, 4) is 5.69 Å². The topological polar surface area (TPSA) is 81.8 Å². The molecule has 0 bridgehead atoms. The molecule has 1 aliphatic rings. The zero-order valence-corrected chi connectivity index (χ0v) is 15.9. The van der Waals surface area contributed by atoms with Crippen molar-refractivity contribution < 1.29 is 8.42 Å². The molecule has 136 valence electrons. The number of benzene rings is 1. The van der Waals surface area contributed by atoms with E-state index in [0.29, 0.717) is 28.1 Å². The lowest BCUT2D eigenvalue weighted by Crippen LogP contribution is -2.18. The molecular formula is C17H18ClN5O2S.